The van der Waals surface area contributed by atoms with Crippen LogP contribution in [0.25, 0.3) is 0 Å². The summed E-state index contributed by atoms with van der Waals surface area (Å²) in [4.78, 5) is 24.2. The van der Waals surface area contributed by atoms with Crippen LogP contribution in [0.2, 0.25) is 0 Å². The van der Waals surface area contributed by atoms with Crippen LogP contribution in [0.15, 0.2) is 18.2 Å². The van der Waals surface area contributed by atoms with E-state index in [2.05, 4.69) is 0 Å². The number of rotatable bonds is 6. The number of nitrogens with one attached hydrogen (secondary N) is 1. The maximum absolute atomic E-state index is 13.6. The second-order valence-electron chi connectivity index (χ2n) is 4.99. The van der Waals surface area contributed by atoms with Crippen LogP contribution in [-0.4, -0.2) is 49.1 Å². The summed E-state index contributed by atoms with van der Waals surface area (Å²) in [6.45, 7) is 2.77. The van der Waals surface area contributed by atoms with E-state index in [0.717, 1.165) is 23.3 Å². The van der Waals surface area contributed by atoms with E-state index in [9.17, 15) is 22.4 Å². The fourth-order valence-corrected chi connectivity index (χ4v) is 2.29. The predicted octanol–water partition coefficient (Wildman–Crippen LogP) is 1.13. The number of carbonyl (C=O) groups excluding carboxylic acids is 1. The second kappa shape index (κ2) is 6.73. The molecule has 2 N–H and O–H groups in total. The smallest absolute Gasteiger partial charge is 0.323 e. The summed E-state index contributed by atoms with van der Waals surface area (Å²) in [5.74, 6) is -2.65. The number of amides is 1. The van der Waals surface area contributed by atoms with Gasteiger partial charge in [-0.05, 0) is 32.0 Å². The number of hydrogen-bond acceptors (Lipinski definition) is 4. The SMILES string of the molecule is CC(C)N(CC(=O)O)C(=O)c1ccc(F)c(NS(C)(=O)=O)c1. The van der Waals surface area contributed by atoms with Crippen LogP contribution in [0.5, 0.6) is 0 Å². The quantitative estimate of drug-likeness (QED) is 0.813. The molecular formula is C13H17FN2O5S. The van der Waals surface area contributed by atoms with Crippen molar-refractivity contribution in [3.63, 3.8) is 0 Å². The highest BCUT2D eigenvalue weighted by Crippen LogP contribution is 2.19. The van der Waals surface area contributed by atoms with Crippen LogP contribution < -0.4 is 4.72 Å². The van der Waals surface area contributed by atoms with Crippen molar-refractivity contribution in [2.45, 2.75) is 19.9 Å². The minimum atomic E-state index is -3.71. The number of carbonyl (C=O) groups is 2. The number of halogens is 1. The molecule has 7 nitrogen and oxygen atoms in total. The molecule has 0 fully saturated rings. The molecule has 1 aromatic carbocycles. The van der Waals surface area contributed by atoms with Crippen molar-refractivity contribution >= 4 is 27.6 Å². The van der Waals surface area contributed by atoms with Crippen LogP contribution >= 0.6 is 0 Å². The van der Waals surface area contributed by atoms with E-state index < -0.39 is 34.3 Å². The first kappa shape index (κ1) is 17.9. The summed E-state index contributed by atoms with van der Waals surface area (Å²) in [7, 11) is -3.71. The van der Waals surface area contributed by atoms with Gasteiger partial charge in [-0.2, -0.15) is 0 Å². The van der Waals surface area contributed by atoms with Gasteiger partial charge < -0.3 is 10.0 Å². The molecule has 0 saturated heterocycles. The molecule has 22 heavy (non-hydrogen) atoms. The number of nitrogens with zero attached hydrogens (tertiary/aromatic N) is 1. The van der Waals surface area contributed by atoms with Gasteiger partial charge in [-0.1, -0.05) is 0 Å². The van der Waals surface area contributed by atoms with Gasteiger partial charge in [0.15, 0.2) is 0 Å². The van der Waals surface area contributed by atoms with Gasteiger partial charge in [-0.3, -0.25) is 14.3 Å². The van der Waals surface area contributed by atoms with Crippen molar-refractivity contribution in [1.82, 2.24) is 4.90 Å². The fraction of sp³-hybridized carbons (Fsp3) is 0.385. The van der Waals surface area contributed by atoms with Crippen LogP contribution in [0.1, 0.15) is 24.2 Å². The van der Waals surface area contributed by atoms with Gasteiger partial charge in [0.1, 0.15) is 12.4 Å². The van der Waals surface area contributed by atoms with Crippen LogP contribution in [0.3, 0.4) is 0 Å². The molecule has 0 unspecified atom stereocenters. The lowest BCUT2D eigenvalue weighted by atomic mass is 10.1. The maximum atomic E-state index is 13.6. The summed E-state index contributed by atoms with van der Waals surface area (Å²) < 4.78 is 37.9. The topological polar surface area (TPSA) is 104 Å². The van der Waals surface area contributed by atoms with E-state index in [1.807, 2.05) is 4.72 Å². The Kier molecular flexibility index (Phi) is 5.48. The first-order chi connectivity index (χ1) is 10.0. The number of sulfonamides is 1. The largest absolute Gasteiger partial charge is 0.480 e. The number of carboxylic acid groups (broad SMARTS) is 1. The van der Waals surface area contributed by atoms with Crippen LogP contribution in [0.4, 0.5) is 10.1 Å². The van der Waals surface area contributed by atoms with Crippen LogP contribution in [0, 0.1) is 5.82 Å². The van der Waals surface area contributed by atoms with Crippen molar-refractivity contribution in [2.75, 3.05) is 17.5 Å². The fourth-order valence-electron chi connectivity index (χ4n) is 1.74. The van der Waals surface area contributed by atoms with Crippen molar-refractivity contribution in [3.8, 4) is 0 Å². The summed E-state index contributed by atoms with van der Waals surface area (Å²) >= 11 is 0. The monoisotopic (exact) mass is 332 g/mol. The van der Waals surface area contributed by atoms with Gasteiger partial charge in [-0.15, -0.1) is 0 Å². The van der Waals surface area contributed by atoms with Crippen LogP contribution in [-0.2, 0) is 14.8 Å². The Hall–Kier alpha value is -2.16. The zero-order chi connectivity index (χ0) is 17.1. The van der Waals surface area contributed by atoms with Gasteiger partial charge in [-0.25, -0.2) is 12.8 Å². The molecule has 0 aliphatic rings. The number of anilines is 1. The average Bonchev–Trinajstić information content (AvgIpc) is 2.35. The minimum Gasteiger partial charge on any atom is -0.480 e. The number of aliphatic carboxylic acids is 1. The van der Waals surface area contributed by atoms with Gasteiger partial charge in [0.05, 0.1) is 11.9 Å². The molecule has 0 bridgehead atoms. The molecule has 0 saturated carbocycles. The van der Waals surface area contributed by atoms with E-state index in [1.165, 1.54) is 6.07 Å². The summed E-state index contributed by atoms with van der Waals surface area (Å²) in [5, 5.41) is 8.83. The third kappa shape index (κ3) is 4.99. The molecule has 9 heteroatoms. The van der Waals surface area contributed by atoms with E-state index in [4.69, 9.17) is 5.11 Å². The lowest BCUT2D eigenvalue weighted by molar-refractivity contribution is -0.138. The van der Waals surface area contributed by atoms with Gasteiger partial charge >= 0.3 is 5.97 Å². The third-order valence-electron chi connectivity index (χ3n) is 2.70. The molecule has 0 spiro atoms. The highest BCUT2D eigenvalue weighted by molar-refractivity contribution is 7.92. The summed E-state index contributed by atoms with van der Waals surface area (Å²) in [5.41, 5.74) is -0.380. The minimum absolute atomic E-state index is 0.0116. The Labute approximate surface area is 127 Å². The Balaban J connectivity index is 3.17. The van der Waals surface area contributed by atoms with E-state index in [0.29, 0.717) is 0 Å². The highest BCUT2D eigenvalue weighted by Gasteiger charge is 2.22. The molecule has 0 aliphatic carbocycles. The number of hydrogen-bond donors (Lipinski definition) is 2. The van der Waals surface area contributed by atoms with Crippen molar-refractivity contribution in [2.24, 2.45) is 0 Å². The molecule has 0 heterocycles. The van der Waals surface area contributed by atoms with E-state index in [-0.39, 0.29) is 17.3 Å². The maximum Gasteiger partial charge on any atom is 0.323 e. The predicted molar refractivity (Wildman–Crippen MR) is 78.7 cm³/mol. The standard InChI is InChI=1S/C13H17FN2O5S/c1-8(2)16(7-12(17)18)13(19)9-4-5-10(14)11(6-9)15-22(3,20)21/h4-6,8,15H,7H2,1-3H3,(H,17,18). The molecule has 1 aromatic rings. The zero-order valence-electron chi connectivity index (χ0n) is 12.3. The second-order valence-corrected chi connectivity index (χ2v) is 6.74. The first-order valence-corrected chi connectivity index (χ1v) is 8.20. The highest BCUT2D eigenvalue weighted by atomic mass is 32.2. The van der Waals surface area contributed by atoms with E-state index >= 15 is 0 Å². The Morgan fingerprint density at radius 2 is 1.95 bits per heavy atom. The molecular weight excluding hydrogens is 315 g/mol. The molecule has 1 rings (SSSR count). The van der Waals surface area contributed by atoms with Crippen molar-refractivity contribution < 1.29 is 27.5 Å². The summed E-state index contributed by atoms with van der Waals surface area (Å²) in [6, 6.07) is 2.76. The average molecular weight is 332 g/mol. The van der Waals surface area contributed by atoms with Gasteiger partial charge in [0.2, 0.25) is 10.0 Å². The Bertz CT molecular complexity index is 688. The van der Waals surface area contributed by atoms with Gasteiger partial charge in [0.25, 0.3) is 5.91 Å². The molecule has 122 valence electrons. The first-order valence-electron chi connectivity index (χ1n) is 6.31. The zero-order valence-corrected chi connectivity index (χ0v) is 13.1. The molecule has 0 atom stereocenters. The molecule has 0 radical (unpaired) electrons. The molecule has 0 aliphatic heterocycles. The molecule has 0 aromatic heterocycles. The van der Waals surface area contributed by atoms with E-state index in [1.54, 1.807) is 13.8 Å². The Morgan fingerprint density at radius 3 is 2.41 bits per heavy atom. The number of carboxylic acids is 1. The summed E-state index contributed by atoms with van der Waals surface area (Å²) in [6.07, 6.45) is 0.853. The van der Waals surface area contributed by atoms with Crippen molar-refractivity contribution in [3.05, 3.63) is 29.6 Å². The lowest BCUT2D eigenvalue weighted by Crippen LogP contribution is -2.40. The van der Waals surface area contributed by atoms with Gasteiger partial charge in [0, 0.05) is 11.6 Å². The molecule has 1 amide bonds. The third-order valence-corrected chi connectivity index (χ3v) is 3.29. The Morgan fingerprint density at radius 1 is 1.36 bits per heavy atom. The lowest BCUT2D eigenvalue weighted by Gasteiger charge is -2.25. The van der Waals surface area contributed by atoms with Crippen molar-refractivity contribution in [1.29, 1.82) is 0 Å². The normalized spacial score (nSPS) is 11.3. The number of benzene rings is 1.